The van der Waals surface area contributed by atoms with Crippen molar-refractivity contribution < 1.29 is 23.4 Å². The summed E-state index contributed by atoms with van der Waals surface area (Å²) in [5.74, 6) is 0.361. The summed E-state index contributed by atoms with van der Waals surface area (Å²) in [6.07, 6.45) is 3.71. The first-order chi connectivity index (χ1) is 15.4. The van der Waals surface area contributed by atoms with Crippen LogP contribution in [0, 0.1) is 5.82 Å². The number of rotatable bonds is 7. The molecule has 2 aromatic carbocycles. The molecule has 2 saturated heterocycles. The maximum atomic E-state index is 13.1. The lowest BCUT2D eigenvalue weighted by atomic mass is 10.1. The SMILES string of the molecule is COc1cc(/C=C2\SC(=S)N(C[C@H]3CCCO3)C2=O)cc(Cl)c1OCc1ccc(F)cc1. The van der Waals surface area contributed by atoms with Gasteiger partial charge in [-0.25, -0.2) is 4.39 Å². The molecule has 0 radical (unpaired) electrons. The molecule has 0 spiro atoms. The molecule has 2 aliphatic rings. The summed E-state index contributed by atoms with van der Waals surface area (Å²) in [6.45, 7) is 1.41. The zero-order valence-electron chi connectivity index (χ0n) is 17.3. The molecule has 1 atom stereocenters. The van der Waals surface area contributed by atoms with Crippen LogP contribution in [0.25, 0.3) is 6.08 Å². The number of benzene rings is 2. The Morgan fingerprint density at radius 3 is 2.81 bits per heavy atom. The van der Waals surface area contributed by atoms with Crippen molar-refractivity contribution >= 4 is 51.9 Å². The fourth-order valence-electron chi connectivity index (χ4n) is 3.50. The lowest BCUT2D eigenvalue weighted by Crippen LogP contribution is -2.35. The van der Waals surface area contributed by atoms with Crippen molar-refractivity contribution in [2.45, 2.75) is 25.6 Å². The average molecular weight is 494 g/mol. The van der Waals surface area contributed by atoms with Crippen molar-refractivity contribution in [3.05, 3.63) is 63.3 Å². The molecule has 2 fully saturated rings. The van der Waals surface area contributed by atoms with Crippen LogP contribution in [0.15, 0.2) is 41.3 Å². The van der Waals surface area contributed by atoms with Crippen LogP contribution < -0.4 is 9.47 Å². The Hall–Kier alpha value is -2.13. The van der Waals surface area contributed by atoms with E-state index < -0.39 is 0 Å². The van der Waals surface area contributed by atoms with E-state index in [0.29, 0.717) is 37.9 Å². The molecule has 32 heavy (non-hydrogen) atoms. The molecule has 0 unspecified atom stereocenters. The molecule has 2 aromatic rings. The summed E-state index contributed by atoms with van der Waals surface area (Å²) in [4.78, 5) is 15.0. The number of amides is 1. The van der Waals surface area contributed by atoms with Crippen molar-refractivity contribution in [2.24, 2.45) is 0 Å². The molecule has 9 heteroatoms. The van der Waals surface area contributed by atoms with E-state index in [1.165, 1.54) is 31.0 Å². The summed E-state index contributed by atoms with van der Waals surface area (Å²) >= 11 is 13.1. The molecule has 1 amide bonds. The number of carbonyl (C=O) groups excluding carboxylic acids is 1. The number of methoxy groups -OCH3 is 1. The van der Waals surface area contributed by atoms with Crippen LogP contribution in [0.2, 0.25) is 5.02 Å². The van der Waals surface area contributed by atoms with E-state index in [1.807, 2.05) is 0 Å². The predicted molar refractivity (Wildman–Crippen MR) is 128 cm³/mol. The molecular weight excluding hydrogens is 473 g/mol. The highest BCUT2D eigenvalue weighted by atomic mass is 35.5. The van der Waals surface area contributed by atoms with E-state index in [2.05, 4.69) is 0 Å². The highest BCUT2D eigenvalue weighted by Crippen LogP contribution is 2.39. The second kappa shape index (κ2) is 10.2. The van der Waals surface area contributed by atoms with Crippen molar-refractivity contribution in [1.29, 1.82) is 0 Å². The number of ether oxygens (including phenoxy) is 3. The van der Waals surface area contributed by atoms with Crippen molar-refractivity contribution in [3.8, 4) is 11.5 Å². The number of hydrogen-bond acceptors (Lipinski definition) is 6. The standard InChI is InChI=1S/C23H21ClFNO4S2/c1-28-19-10-15(9-18(24)21(19)30-13-14-4-6-16(25)7-5-14)11-20-22(27)26(23(31)32-20)12-17-3-2-8-29-17/h4-7,9-11,17H,2-3,8,12-13H2,1H3/b20-11-/t17-/m1/s1. The number of carbonyl (C=O) groups is 1. The summed E-state index contributed by atoms with van der Waals surface area (Å²) in [7, 11) is 1.52. The third-order valence-corrected chi connectivity index (χ3v) is 6.79. The van der Waals surface area contributed by atoms with E-state index >= 15 is 0 Å². The third kappa shape index (κ3) is 5.26. The Kier molecular flexibility index (Phi) is 7.35. The van der Waals surface area contributed by atoms with Gasteiger partial charge < -0.3 is 14.2 Å². The van der Waals surface area contributed by atoms with E-state index in [1.54, 1.807) is 35.2 Å². The normalized spacial score (nSPS) is 19.8. The Balaban J connectivity index is 1.50. The minimum atomic E-state index is -0.310. The van der Waals surface area contributed by atoms with E-state index in [0.717, 1.165) is 25.0 Å². The molecule has 0 aromatic heterocycles. The minimum Gasteiger partial charge on any atom is -0.493 e. The molecule has 0 bridgehead atoms. The second-order valence-electron chi connectivity index (χ2n) is 7.38. The van der Waals surface area contributed by atoms with Gasteiger partial charge in [-0.3, -0.25) is 9.69 Å². The smallest absolute Gasteiger partial charge is 0.266 e. The molecule has 2 aliphatic heterocycles. The number of nitrogens with zero attached hydrogens (tertiary/aromatic N) is 1. The Morgan fingerprint density at radius 2 is 2.12 bits per heavy atom. The summed E-state index contributed by atoms with van der Waals surface area (Å²) in [5, 5.41) is 0.340. The van der Waals surface area contributed by atoms with Crippen LogP contribution in [-0.4, -0.2) is 41.5 Å². The topological polar surface area (TPSA) is 48.0 Å². The fourth-order valence-corrected chi connectivity index (χ4v) is 5.05. The van der Waals surface area contributed by atoms with Gasteiger partial charge in [-0.15, -0.1) is 0 Å². The van der Waals surface area contributed by atoms with Crippen LogP contribution in [0.1, 0.15) is 24.0 Å². The Bertz CT molecular complexity index is 1050. The second-order valence-corrected chi connectivity index (χ2v) is 9.46. The van der Waals surface area contributed by atoms with E-state index in [9.17, 15) is 9.18 Å². The van der Waals surface area contributed by atoms with Gasteiger partial charge in [-0.1, -0.05) is 47.7 Å². The van der Waals surface area contributed by atoms with Crippen LogP contribution >= 0.6 is 35.6 Å². The summed E-state index contributed by atoms with van der Waals surface area (Å²) in [6, 6.07) is 9.48. The summed E-state index contributed by atoms with van der Waals surface area (Å²) in [5.41, 5.74) is 1.49. The first-order valence-electron chi connectivity index (χ1n) is 10.1. The lowest BCUT2D eigenvalue weighted by Gasteiger charge is -2.18. The summed E-state index contributed by atoms with van der Waals surface area (Å²) < 4.78 is 30.5. The highest BCUT2D eigenvalue weighted by Gasteiger charge is 2.34. The number of thiocarbonyl (C=S) groups is 1. The van der Waals surface area contributed by atoms with Gasteiger partial charge in [0.15, 0.2) is 11.5 Å². The highest BCUT2D eigenvalue weighted by molar-refractivity contribution is 8.26. The zero-order chi connectivity index (χ0) is 22.7. The van der Waals surface area contributed by atoms with Crippen molar-refractivity contribution in [3.63, 3.8) is 0 Å². The van der Waals surface area contributed by atoms with Crippen LogP contribution in [0.5, 0.6) is 11.5 Å². The minimum absolute atomic E-state index is 0.0314. The van der Waals surface area contributed by atoms with E-state index in [4.69, 9.17) is 38.0 Å². The van der Waals surface area contributed by atoms with Gasteiger partial charge in [-0.05, 0) is 54.3 Å². The molecule has 0 aliphatic carbocycles. The van der Waals surface area contributed by atoms with Crippen LogP contribution in [-0.2, 0) is 16.1 Å². The number of halogens is 2. The first-order valence-corrected chi connectivity index (χ1v) is 11.7. The average Bonchev–Trinajstić information content (AvgIpc) is 3.38. The van der Waals surface area contributed by atoms with Crippen LogP contribution in [0.4, 0.5) is 4.39 Å². The van der Waals surface area contributed by atoms with Gasteiger partial charge in [0.25, 0.3) is 5.91 Å². The van der Waals surface area contributed by atoms with Gasteiger partial charge in [0.2, 0.25) is 0 Å². The molecule has 0 saturated carbocycles. The molecule has 5 nitrogen and oxygen atoms in total. The Labute approximate surface area is 200 Å². The van der Waals surface area contributed by atoms with Crippen molar-refractivity contribution in [1.82, 2.24) is 4.90 Å². The Morgan fingerprint density at radius 1 is 1.34 bits per heavy atom. The maximum absolute atomic E-state index is 13.1. The van der Waals surface area contributed by atoms with Gasteiger partial charge in [0.05, 0.1) is 29.7 Å². The molecule has 168 valence electrons. The predicted octanol–water partition coefficient (Wildman–Crippen LogP) is 5.45. The van der Waals surface area contributed by atoms with Crippen molar-refractivity contribution in [2.75, 3.05) is 20.3 Å². The lowest BCUT2D eigenvalue weighted by molar-refractivity contribution is -0.123. The molecular formula is C23H21ClFNO4S2. The largest absolute Gasteiger partial charge is 0.493 e. The number of thioether (sulfide) groups is 1. The van der Waals surface area contributed by atoms with Gasteiger partial charge in [0, 0.05) is 6.61 Å². The zero-order valence-corrected chi connectivity index (χ0v) is 19.7. The number of hydrogen-bond donors (Lipinski definition) is 0. The van der Waals surface area contributed by atoms with Gasteiger partial charge >= 0.3 is 0 Å². The molecule has 2 heterocycles. The van der Waals surface area contributed by atoms with Gasteiger partial charge in [0.1, 0.15) is 16.7 Å². The first kappa shape index (κ1) is 23.0. The van der Waals surface area contributed by atoms with Crippen LogP contribution in [0.3, 0.4) is 0 Å². The molecule has 4 rings (SSSR count). The van der Waals surface area contributed by atoms with E-state index in [-0.39, 0.29) is 24.4 Å². The fraction of sp³-hybridized carbons (Fsp3) is 0.304. The third-order valence-electron chi connectivity index (χ3n) is 5.13. The van der Waals surface area contributed by atoms with Gasteiger partial charge in [-0.2, -0.15) is 0 Å². The maximum Gasteiger partial charge on any atom is 0.266 e. The monoisotopic (exact) mass is 493 g/mol. The quantitative estimate of drug-likeness (QED) is 0.378. The molecule has 0 N–H and O–H groups in total.